The summed E-state index contributed by atoms with van der Waals surface area (Å²) in [5.74, 6) is -3.92. The van der Waals surface area contributed by atoms with Crippen molar-refractivity contribution in [3.63, 3.8) is 0 Å². The number of morpholine rings is 1. The zero-order valence-corrected chi connectivity index (χ0v) is 44.6. The third kappa shape index (κ3) is 18.3. The number of hydrogen-bond acceptors (Lipinski definition) is 14. The number of Topliss-reactive ketones (excluding diaryl/α,β-unsaturated/α-hetero) is 3. The fourth-order valence-electron chi connectivity index (χ4n) is 9.03. The lowest BCUT2D eigenvalue weighted by Gasteiger charge is -2.30. The van der Waals surface area contributed by atoms with E-state index in [-0.39, 0.29) is 73.6 Å². The summed E-state index contributed by atoms with van der Waals surface area (Å²) in [7, 11) is -4.54. The summed E-state index contributed by atoms with van der Waals surface area (Å²) in [4.78, 5) is 73.1. The largest absolute Gasteiger partial charge is 0.487 e. The van der Waals surface area contributed by atoms with Crippen molar-refractivity contribution in [2.24, 2.45) is 23.7 Å². The van der Waals surface area contributed by atoms with Crippen LogP contribution >= 0.6 is 0 Å². The van der Waals surface area contributed by atoms with Gasteiger partial charge in [-0.05, 0) is 106 Å². The summed E-state index contributed by atoms with van der Waals surface area (Å²) in [5.41, 5.74) is 0.604. The molecule has 1 fully saturated rings. The van der Waals surface area contributed by atoms with Gasteiger partial charge in [-0.1, -0.05) is 93.6 Å². The molecule has 18 heteroatoms. The van der Waals surface area contributed by atoms with E-state index in [1.54, 1.807) is 36.9 Å². The number of aromatic nitrogens is 3. The molecule has 2 heterocycles. The molecule has 0 unspecified atom stereocenters. The molecule has 5 rings (SSSR count). The number of rotatable bonds is 30. The standard InChI is InChI=1S/C55H76N6O11S/c1-9-61-33-45(58-59-61)35-71-47-28-39(6)51(40(7)29-47)73(68,69)72-36-55(8,67)52(64)49(27-38(4)5)57-54(66)44(30-42-18-14-11-15-19-42)32-50(63)48(26-37(2)3)56-53(65)43(21-20-41-16-12-10-13-17-41)31-46(62)34-60-22-24-70-25-23-60/h10-19,28-29,33,37-38,43-44,48-49,67H,9,20-27,30-32,34-36H2,1-8H3,(H,56,65)(H,57,66)/t43-,44-,48+,49+,55-/m1/s1. The average molecular weight is 1030 g/mol. The molecule has 398 valence electrons. The van der Waals surface area contributed by atoms with Crippen LogP contribution < -0.4 is 15.4 Å². The van der Waals surface area contributed by atoms with Gasteiger partial charge in [-0.25, -0.2) is 0 Å². The van der Waals surface area contributed by atoms with Gasteiger partial charge in [0.05, 0.1) is 38.0 Å². The molecule has 0 radical (unpaired) electrons. The van der Waals surface area contributed by atoms with Gasteiger partial charge in [-0.2, -0.15) is 8.42 Å². The van der Waals surface area contributed by atoms with Gasteiger partial charge in [-0.3, -0.25) is 37.7 Å². The fourth-order valence-corrected chi connectivity index (χ4v) is 10.4. The van der Waals surface area contributed by atoms with Crippen molar-refractivity contribution in [2.45, 2.75) is 136 Å². The van der Waals surface area contributed by atoms with Crippen LogP contribution in [0.25, 0.3) is 0 Å². The summed E-state index contributed by atoms with van der Waals surface area (Å²) in [6, 6.07) is 19.6. The zero-order valence-electron chi connectivity index (χ0n) is 43.8. The number of aryl methyl sites for hydroxylation is 4. The summed E-state index contributed by atoms with van der Waals surface area (Å²) in [6.07, 6.45) is 2.84. The van der Waals surface area contributed by atoms with Crippen LogP contribution in [0, 0.1) is 37.5 Å². The molecule has 4 aromatic rings. The van der Waals surface area contributed by atoms with E-state index in [0.717, 1.165) is 18.1 Å². The molecule has 2 amide bonds. The van der Waals surface area contributed by atoms with Gasteiger partial charge < -0.3 is 25.2 Å². The lowest BCUT2D eigenvalue weighted by Crippen LogP contribution is -2.54. The van der Waals surface area contributed by atoms with E-state index in [1.165, 1.54) is 0 Å². The van der Waals surface area contributed by atoms with Gasteiger partial charge in [0.2, 0.25) is 11.8 Å². The van der Waals surface area contributed by atoms with Gasteiger partial charge in [-0.15, -0.1) is 5.10 Å². The summed E-state index contributed by atoms with van der Waals surface area (Å²) in [6.45, 7) is 16.1. The molecule has 73 heavy (non-hydrogen) atoms. The minimum absolute atomic E-state index is 0.00224. The van der Waals surface area contributed by atoms with E-state index in [9.17, 15) is 37.5 Å². The number of aliphatic hydroxyl groups is 1. The molecular weight excluding hydrogens is 953 g/mol. The Hall–Kier alpha value is -5.66. The topological polar surface area (TPSA) is 225 Å². The predicted octanol–water partition coefficient (Wildman–Crippen LogP) is 5.94. The lowest BCUT2D eigenvalue weighted by atomic mass is 9.86. The molecule has 17 nitrogen and oxygen atoms in total. The Morgan fingerprint density at radius 1 is 0.822 bits per heavy atom. The molecule has 5 atom stereocenters. The van der Waals surface area contributed by atoms with Crippen molar-refractivity contribution in [1.29, 1.82) is 0 Å². The summed E-state index contributed by atoms with van der Waals surface area (Å²) < 4.78 is 45.9. The second-order valence-corrected chi connectivity index (χ2v) is 21.9. The highest BCUT2D eigenvalue weighted by atomic mass is 32.2. The molecule has 0 bridgehead atoms. The zero-order chi connectivity index (χ0) is 53.3. The highest BCUT2D eigenvalue weighted by Gasteiger charge is 2.41. The van der Waals surface area contributed by atoms with Crippen molar-refractivity contribution < 1.29 is 51.2 Å². The second-order valence-electron chi connectivity index (χ2n) is 20.4. The van der Waals surface area contributed by atoms with Crippen molar-refractivity contribution >= 4 is 39.3 Å². The van der Waals surface area contributed by atoms with Crippen molar-refractivity contribution in [1.82, 2.24) is 30.5 Å². The van der Waals surface area contributed by atoms with Crippen molar-refractivity contribution in [2.75, 3.05) is 39.5 Å². The van der Waals surface area contributed by atoms with Gasteiger partial charge in [0.25, 0.3) is 10.1 Å². The number of hydrogen-bond donors (Lipinski definition) is 3. The quantitative estimate of drug-likeness (QED) is 0.0515. The number of benzene rings is 3. The highest BCUT2D eigenvalue weighted by molar-refractivity contribution is 7.86. The molecule has 3 aromatic carbocycles. The third-order valence-corrected chi connectivity index (χ3v) is 14.4. The number of nitrogens with one attached hydrogen (secondary N) is 2. The molecule has 1 saturated heterocycles. The van der Waals surface area contributed by atoms with Crippen LogP contribution in [0.4, 0.5) is 0 Å². The summed E-state index contributed by atoms with van der Waals surface area (Å²) >= 11 is 0. The molecule has 1 aliphatic rings. The Kier molecular flexibility index (Phi) is 22.0. The fraction of sp³-hybridized carbons (Fsp3) is 0.545. The number of carbonyl (C=O) groups excluding carboxylic acids is 5. The Morgan fingerprint density at radius 2 is 1.40 bits per heavy atom. The Balaban J connectivity index is 1.31. The van der Waals surface area contributed by atoms with E-state index in [2.05, 4.69) is 20.9 Å². The SMILES string of the molecule is CCn1cc(COc2cc(C)c(S(=O)(=O)OC[C@@](C)(O)C(=O)[C@H](CC(C)C)NC(=O)[C@@H](CC(=O)[C@H](CC(C)C)NC(=O)[C@H](CCc3ccccc3)CC(=O)CN3CCOCC3)Cc3ccccc3)c(C)c2)nn1. The number of ketones is 3. The van der Waals surface area contributed by atoms with Gasteiger partial charge in [0.15, 0.2) is 11.6 Å². The first-order valence-corrected chi connectivity index (χ1v) is 26.9. The van der Waals surface area contributed by atoms with E-state index >= 15 is 0 Å². The maximum absolute atomic E-state index is 14.6. The van der Waals surface area contributed by atoms with E-state index in [1.807, 2.05) is 100 Å². The van der Waals surface area contributed by atoms with Crippen molar-refractivity contribution in [3.05, 3.63) is 107 Å². The van der Waals surface area contributed by atoms with Crippen molar-refractivity contribution in [3.8, 4) is 5.75 Å². The van der Waals surface area contributed by atoms with Gasteiger partial charge in [0, 0.05) is 44.3 Å². The Morgan fingerprint density at radius 3 is 1.99 bits per heavy atom. The number of ether oxygens (including phenoxy) is 2. The van der Waals surface area contributed by atoms with Crippen LogP contribution in [0.3, 0.4) is 0 Å². The molecular formula is C55H76N6O11S. The highest BCUT2D eigenvalue weighted by Crippen LogP contribution is 2.29. The average Bonchev–Trinajstić information content (AvgIpc) is 3.82. The van der Waals surface area contributed by atoms with Crippen LogP contribution in [0.1, 0.15) is 102 Å². The van der Waals surface area contributed by atoms with Crippen LogP contribution in [-0.4, -0.2) is 120 Å². The van der Waals surface area contributed by atoms with Crippen LogP contribution in [0.15, 0.2) is 83.9 Å². The van der Waals surface area contributed by atoms with E-state index in [4.69, 9.17) is 13.7 Å². The second kappa shape index (κ2) is 27.6. The van der Waals surface area contributed by atoms with E-state index in [0.29, 0.717) is 68.3 Å². The molecule has 3 N–H and O–H groups in total. The predicted molar refractivity (Wildman–Crippen MR) is 276 cm³/mol. The first-order chi connectivity index (χ1) is 34.6. The number of nitrogens with zero attached hydrogens (tertiary/aromatic N) is 4. The van der Waals surface area contributed by atoms with Gasteiger partial charge >= 0.3 is 0 Å². The van der Waals surface area contributed by atoms with Crippen LogP contribution in [0.2, 0.25) is 0 Å². The monoisotopic (exact) mass is 1030 g/mol. The minimum atomic E-state index is -4.54. The minimum Gasteiger partial charge on any atom is -0.487 e. The number of amides is 2. The Bertz CT molecular complexity index is 2540. The smallest absolute Gasteiger partial charge is 0.297 e. The summed E-state index contributed by atoms with van der Waals surface area (Å²) in [5, 5.41) is 25.6. The van der Waals surface area contributed by atoms with Crippen LogP contribution in [-0.2, 0) is 69.0 Å². The maximum Gasteiger partial charge on any atom is 0.297 e. The molecule has 1 aliphatic heterocycles. The van der Waals surface area contributed by atoms with Crippen LogP contribution in [0.5, 0.6) is 5.75 Å². The molecule has 0 aliphatic carbocycles. The normalized spacial score (nSPS) is 15.8. The number of carbonyl (C=O) groups is 5. The van der Waals surface area contributed by atoms with Gasteiger partial charge in [0.1, 0.15) is 40.9 Å². The lowest BCUT2D eigenvalue weighted by molar-refractivity contribution is -0.143. The molecule has 0 spiro atoms. The molecule has 1 aromatic heterocycles. The molecule has 0 saturated carbocycles. The maximum atomic E-state index is 14.6. The Labute approximate surface area is 431 Å². The third-order valence-electron chi connectivity index (χ3n) is 12.9. The first kappa shape index (κ1) is 58.2. The van der Waals surface area contributed by atoms with E-state index < -0.39 is 63.8 Å². The first-order valence-electron chi connectivity index (χ1n) is 25.5.